The Balaban J connectivity index is 2.26. The fraction of sp³-hybridized carbons (Fsp3) is 0.100. The van der Waals surface area contributed by atoms with Gasteiger partial charge in [0.2, 0.25) is 0 Å². The van der Waals surface area contributed by atoms with E-state index in [0.717, 1.165) is 5.69 Å². The van der Waals surface area contributed by atoms with E-state index in [1.54, 1.807) is 12.1 Å². The van der Waals surface area contributed by atoms with Crippen LogP contribution < -0.4 is 0 Å². The molecule has 1 aromatic heterocycles. The van der Waals surface area contributed by atoms with Gasteiger partial charge in [-0.25, -0.2) is 14.5 Å². The van der Waals surface area contributed by atoms with Crippen LogP contribution in [0.4, 0.5) is 0 Å². The third kappa shape index (κ3) is 1.91. The van der Waals surface area contributed by atoms with Crippen LogP contribution in [0.1, 0.15) is 11.7 Å². The molecular weight excluding hydrogens is 210 g/mol. The molecule has 0 aliphatic heterocycles. The first kappa shape index (κ1) is 10.3. The summed E-state index contributed by atoms with van der Waals surface area (Å²) < 4.78 is 1.54. The van der Waals surface area contributed by atoms with E-state index < -0.39 is 12.1 Å². The van der Waals surface area contributed by atoms with E-state index in [1.807, 2.05) is 0 Å². The number of aliphatic carboxylic acids is 1. The first-order valence-electron chi connectivity index (χ1n) is 4.54. The number of hydrogen-bond acceptors (Lipinski definition) is 4. The summed E-state index contributed by atoms with van der Waals surface area (Å²) in [6.07, 6.45) is 1.44. The molecule has 1 heterocycles. The summed E-state index contributed by atoms with van der Waals surface area (Å²) in [5.41, 5.74) is 1.08. The Labute approximate surface area is 90.8 Å². The van der Waals surface area contributed by atoms with Gasteiger partial charge in [0.1, 0.15) is 12.7 Å². The number of carbonyl (C=O) groups is 1. The average Bonchev–Trinajstić information content (AvgIpc) is 2.81. The van der Waals surface area contributed by atoms with Crippen molar-refractivity contribution in [2.45, 2.75) is 6.10 Å². The Bertz CT molecular complexity index is 479. The molecule has 0 bridgehead atoms. The molecule has 6 nitrogen and oxygen atoms in total. The van der Waals surface area contributed by atoms with Gasteiger partial charge in [-0.2, -0.15) is 5.10 Å². The zero-order chi connectivity index (χ0) is 11.5. The summed E-state index contributed by atoms with van der Waals surface area (Å²) in [5.74, 6) is -1.27. The van der Waals surface area contributed by atoms with Crippen LogP contribution in [0.25, 0.3) is 5.69 Å². The minimum atomic E-state index is -1.50. The van der Waals surface area contributed by atoms with E-state index in [1.165, 1.54) is 29.5 Å². The second kappa shape index (κ2) is 4.11. The maximum absolute atomic E-state index is 10.5. The molecular formula is C10H9N3O3. The minimum Gasteiger partial charge on any atom is -0.479 e. The molecule has 0 fully saturated rings. The molecule has 6 heteroatoms. The molecule has 82 valence electrons. The van der Waals surface area contributed by atoms with Crippen LogP contribution in [-0.4, -0.2) is 30.9 Å². The molecule has 0 aliphatic rings. The van der Waals surface area contributed by atoms with Gasteiger partial charge in [-0.1, -0.05) is 12.1 Å². The topological polar surface area (TPSA) is 88.2 Å². The number of aliphatic hydroxyl groups excluding tert-OH is 1. The Morgan fingerprint density at radius 3 is 2.50 bits per heavy atom. The molecule has 0 saturated carbocycles. The summed E-state index contributed by atoms with van der Waals surface area (Å²) in [7, 11) is 0. The van der Waals surface area contributed by atoms with Crippen LogP contribution >= 0.6 is 0 Å². The molecule has 0 amide bonds. The highest BCUT2D eigenvalue weighted by atomic mass is 16.4. The molecule has 0 aliphatic carbocycles. The number of hydrogen-bond donors (Lipinski definition) is 2. The van der Waals surface area contributed by atoms with Crippen LogP contribution in [0.5, 0.6) is 0 Å². The highest BCUT2D eigenvalue weighted by Gasteiger charge is 2.15. The quantitative estimate of drug-likeness (QED) is 0.779. The number of carboxylic acids is 1. The molecule has 16 heavy (non-hydrogen) atoms. The fourth-order valence-corrected chi connectivity index (χ4v) is 1.29. The van der Waals surface area contributed by atoms with Crippen LogP contribution in [0.3, 0.4) is 0 Å². The Morgan fingerprint density at radius 2 is 2.00 bits per heavy atom. The molecule has 1 aromatic carbocycles. The number of benzene rings is 1. The summed E-state index contributed by atoms with van der Waals surface area (Å²) in [4.78, 5) is 14.3. The number of aromatic nitrogens is 3. The normalized spacial score (nSPS) is 12.3. The number of carboxylic acid groups (broad SMARTS) is 1. The summed E-state index contributed by atoms with van der Waals surface area (Å²) in [6, 6.07) is 6.40. The van der Waals surface area contributed by atoms with E-state index in [-0.39, 0.29) is 0 Å². The molecule has 2 N–H and O–H groups in total. The molecule has 0 spiro atoms. The molecule has 0 saturated heterocycles. The van der Waals surface area contributed by atoms with Gasteiger partial charge in [0.25, 0.3) is 0 Å². The highest BCUT2D eigenvalue weighted by molar-refractivity contribution is 5.74. The molecule has 0 radical (unpaired) electrons. The Morgan fingerprint density at radius 1 is 1.31 bits per heavy atom. The minimum absolute atomic E-state index is 0.330. The second-order valence-corrected chi connectivity index (χ2v) is 3.17. The first-order valence-corrected chi connectivity index (χ1v) is 4.54. The van der Waals surface area contributed by atoms with Gasteiger partial charge in [-0.3, -0.25) is 0 Å². The lowest BCUT2D eigenvalue weighted by Gasteiger charge is -2.06. The van der Waals surface area contributed by atoms with Crippen LogP contribution in [0.2, 0.25) is 0 Å². The monoisotopic (exact) mass is 219 g/mol. The van der Waals surface area contributed by atoms with Gasteiger partial charge in [-0.05, 0) is 17.7 Å². The van der Waals surface area contributed by atoms with Gasteiger partial charge < -0.3 is 10.2 Å². The van der Waals surface area contributed by atoms with Crippen molar-refractivity contribution < 1.29 is 15.0 Å². The third-order valence-corrected chi connectivity index (χ3v) is 2.13. The van der Waals surface area contributed by atoms with Crippen molar-refractivity contribution in [2.24, 2.45) is 0 Å². The maximum Gasteiger partial charge on any atom is 0.337 e. The largest absolute Gasteiger partial charge is 0.479 e. The number of aliphatic hydroxyl groups is 1. The molecule has 2 aromatic rings. The predicted octanol–water partition coefficient (Wildman–Crippen LogP) is 0.385. The molecule has 2 rings (SSSR count). The molecule has 1 atom stereocenters. The van der Waals surface area contributed by atoms with E-state index in [0.29, 0.717) is 5.56 Å². The summed E-state index contributed by atoms with van der Waals surface area (Å²) in [6.45, 7) is 0. The fourth-order valence-electron chi connectivity index (χ4n) is 1.29. The predicted molar refractivity (Wildman–Crippen MR) is 54.0 cm³/mol. The van der Waals surface area contributed by atoms with Crippen molar-refractivity contribution in [3.63, 3.8) is 0 Å². The zero-order valence-corrected chi connectivity index (χ0v) is 8.19. The van der Waals surface area contributed by atoms with Gasteiger partial charge in [0, 0.05) is 0 Å². The summed E-state index contributed by atoms with van der Waals surface area (Å²) >= 11 is 0. The van der Waals surface area contributed by atoms with Crippen molar-refractivity contribution in [1.29, 1.82) is 0 Å². The lowest BCUT2D eigenvalue weighted by Crippen LogP contribution is -2.10. The Kier molecular flexibility index (Phi) is 2.65. The van der Waals surface area contributed by atoms with Crippen molar-refractivity contribution in [2.75, 3.05) is 0 Å². The smallest absolute Gasteiger partial charge is 0.337 e. The van der Waals surface area contributed by atoms with Crippen LogP contribution in [0.15, 0.2) is 36.9 Å². The summed E-state index contributed by atoms with van der Waals surface area (Å²) in [5, 5.41) is 21.8. The van der Waals surface area contributed by atoms with E-state index >= 15 is 0 Å². The van der Waals surface area contributed by atoms with Crippen LogP contribution in [0, 0.1) is 0 Å². The van der Waals surface area contributed by atoms with E-state index in [4.69, 9.17) is 5.11 Å². The van der Waals surface area contributed by atoms with Crippen molar-refractivity contribution >= 4 is 5.97 Å². The standard InChI is InChI=1S/C10H9N3O3/c14-9(10(15)16)7-1-3-8(4-2-7)13-6-11-5-12-13/h1-6,9,14H,(H,15,16). The Hall–Kier alpha value is -2.21. The lowest BCUT2D eigenvalue weighted by atomic mass is 10.1. The average molecular weight is 219 g/mol. The van der Waals surface area contributed by atoms with Gasteiger partial charge in [0.05, 0.1) is 5.69 Å². The highest BCUT2D eigenvalue weighted by Crippen LogP contribution is 2.15. The SMILES string of the molecule is O=C(O)C(O)c1ccc(-n2cncn2)cc1. The molecule has 1 unspecified atom stereocenters. The lowest BCUT2D eigenvalue weighted by molar-refractivity contribution is -0.146. The van der Waals surface area contributed by atoms with Crippen LogP contribution in [-0.2, 0) is 4.79 Å². The number of nitrogens with zero attached hydrogens (tertiary/aromatic N) is 3. The first-order chi connectivity index (χ1) is 7.68. The number of rotatable bonds is 3. The third-order valence-electron chi connectivity index (χ3n) is 2.13. The zero-order valence-electron chi connectivity index (χ0n) is 8.19. The van der Waals surface area contributed by atoms with E-state index in [9.17, 15) is 9.90 Å². The second-order valence-electron chi connectivity index (χ2n) is 3.17. The van der Waals surface area contributed by atoms with Crippen molar-refractivity contribution in [3.8, 4) is 5.69 Å². The van der Waals surface area contributed by atoms with Gasteiger partial charge in [0.15, 0.2) is 6.10 Å². The van der Waals surface area contributed by atoms with Gasteiger partial charge >= 0.3 is 5.97 Å². The maximum atomic E-state index is 10.5. The van der Waals surface area contributed by atoms with E-state index in [2.05, 4.69) is 10.1 Å². The van der Waals surface area contributed by atoms with Gasteiger partial charge in [-0.15, -0.1) is 0 Å². The van der Waals surface area contributed by atoms with Crippen molar-refractivity contribution in [1.82, 2.24) is 14.8 Å². The van der Waals surface area contributed by atoms with Crippen molar-refractivity contribution in [3.05, 3.63) is 42.5 Å².